The molecule has 1 aromatic carbocycles. The fourth-order valence-electron chi connectivity index (χ4n) is 3.73. The Balaban J connectivity index is 1.82. The van der Waals surface area contributed by atoms with E-state index in [1.807, 2.05) is 0 Å². The standard InChI is InChI=1S/C26H44O4/c1-2-3-4-5-6-7-8-9-10-11-12-13-14-15-16-17-20-30-26(29)22-23-18-19-24(27)25(28)21-23/h18-19,21,27-28H,2-17,20,22H2,1H3. The molecular formula is C26H44O4. The fourth-order valence-corrected chi connectivity index (χ4v) is 3.73. The third-order valence-electron chi connectivity index (χ3n) is 5.65. The van der Waals surface area contributed by atoms with Gasteiger partial charge in [0.05, 0.1) is 13.0 Å². The van der Waals surface area contributed by atoms with E-state index < -0.39 is 0 Å². The molecular weight excluding hydrogens is 376 g/mol. The lowest BCUT2D eigenvalue weighted by molar-refractivity contribution is -0.142. The summed E-state index contributed by atoms with van der Waals surface area (Å²) < 4.78 is 5.25. The second-order valence-electron chi connectivity index (χ2n) is 8.52. The molecule has 1 rings (SSSR count). The maximum atomic E-state index is 11.8. The summed E-state index contributed by atoms with van der Waals surface area (Å²) in [5.41, 5.74) is 0.641. The molecule has 2 N–H and O–H groups in total. The molecule has 0 heterocycles. The van der Waals surface area contributed by atoms with E-state index in [0.717, 1.165) is 12.8 Å². The predicted octanol–water partition coefficient (Wildman–Crippen LogP) is 7.45. The summed E-state index contributed by atoms with van der Waals surface area (Å²) in [6, 6.07) is 4.39. The Hall–Kier alpha value is -1.71. The van der Waals surface area contributed by atoms with Crippen LogP contribution in [-0.2, 0) is 16.0 Å². The van der Waals surface area contributed by atoms with Gasteiger partial charge < -0.3 is 14.9 Å². The van der Waals surface area contributed by atoms with Crippen molar-refractivity contribution in [3.8, 4) is 11.5 Å². The van der Waals surface area contributed by atoms with Crippen molar-refractivity contribution in [2.45, 2.75) is 116 Å². The van der Waals surface area contributed by atoms with E-state index in [0.29, 0.717) is 12.2 Å². The number of aromatic hydroxyl groups is 2. The monoisotopic (exact) mass is 420 g/mol. The molecule has 0 atom stereocenters. The SMILES string of the molecule is CCCCCCCCCCCCCCCCCCOC(=O)Cc1ccc(O)c(O)c1. The molecule has 0 saturated heterocycles. The molecule has 0 bridgehead atoms. The van der Waals surface area contributed by atoms with E-state index in [9.17, 15) is 15.0 Å². The highest BCUT2D eigenvalue weighted by molar-refractivity contribution is 5.72. The van der Waals surface area contributed by atoms with Crippen LogP contribution in [0.4, 0.5) is 0 Å². The molecule has 0 spiro atoms. The number of ether oxygens (including phenoxy) is 1. The lowest BCUT2D eigenvalue weighted by Gasteiger charge is -2.06. The van der Waals surface area contributed by atoms with Crippen molar-refractivity contribution in [1.29, 1.82) is 0 Å². The molecule has 4 nitrogen and oxygen atoms in total. The van der Waals surface area contributed by atoms with Crippen molar-refractivity contribution in [2.75, 3.05) is 6.61 Å². The summed E-state index contributed by atoms with van der Waals surface area (Å²) in [5.74, 6) is -0.681. The summed E-state index contributed by atoms with van der Waals surface area (Å²) in [6.45, 7) is 2.73. The number of carbonyl (C=O) groups excluding carboxylic acids is 1. The summed E-state index contributed by atoms with van der Waals surface area (Å²) in [5, 5.41) is 18.7. The molecule has 0 aliphatic heterocycles. The predicted molar refractivity (Wildman–Crippen MR) is 124 cm³/mol. The van der Waals surface area contributed by atoms with Gasteiger partial charge in [0.1, 0.15) is 0 Å². The van der Waals surface area contributed by atoms with E-state index in [-0.39, 0.29) is 23.9 Å². The van der Waals surface area contributed by atoms with Crippen LogP contribution in [0.25, 0.3) is 0 Å². The highest BCUT2D eigenvalue weighted by atomic mass is 16.5. The van der Waals surface area contributed by atoms with Crippen LogP contribution in [0.3, 0.4) is 0 Å². The van der Waals surface area contributed by atoms with Crippen molar-refractivity contribution in [3.05, 3.63) is 23.8 Å². The Morgan fingerprint density at radius 1 is 0.700 bits per heavy atom. The van der Waals surface area contributed by atoms with Gasteiger partial charge in [-0.3, -0.25) is 4.79 Å². The first-order valence-electron chi connectivity index (χ1n) is 12.3. The number of unbranched alkanes of at least 4 members (excludes halogenated alkanes) is 15. The van der Waals surface area contributed by atoms with Gasteiger partial charge in [0.2, 0.25) is 0 Å². The van der Waals surface area contributed by atoms with Crippen LogP contribution < -0.4 is 0 Å². The Labute approximate surface area is 184 Å². The molecule has 0 fully saturated rings. The molecule has 0 radical (unpaired) electrons. The molecule has 1 aromatic rings. The van der Waals surface area contributed by atoms with Gasteiger partial charge in [-0.2, -0.15) is 0 Å². The van der Waals surface area contributed by atoms with E-state index in [1.165, 1.54) is 102 Å². The molecule has 0 saturated carbocycles. The smallest absolute Gasteiger partial charge is 0.310 e. The maximum Gasteiger partial charge on any atom is 0.310 e. The molecule has 0 unspecified atom stereocenters. The van der Waals surface area contributed by atoms with Gasteiger partial charge in [-0.05, 0) is 24.1 Å². The van der Waals surface area contributed by atoms with E-state index in [4.69, 9.17) is 4.74 Å². The van der Waals surface area contributed by atoms with Crippen LogP contribution in [0, 0.1) is 0 Å². The van der Waals surface area contributed by atoms with Gasteiger partial charge in [-0.15, -0.1) is 0 Å². The second kappa shape index (κ2) is 18.1. The molecule has 0 aliphatic rings. The summed E-state index contributed by atoms with van der Waals surface area (Å²) >= 11 is 0. The second-order valence-corrected chi connectivity index (χ2v) is 8.52. The number of carbonyl (C=O) groups is 1. The highest BCUT2D eigenvalue weighted by Gasteiger charge is 2.07. The topological polar surface area (TPSA) is 66.8 Å². The third-order valence-corrected chi connectivity index (χ3v) is 5.65. The Kier molecular flexibility index (Phi) is 15.9. The number of phenols is 2. The third kappa shape index (κ3) is 14.3. The molecule has 0 aliphatic carbocycles. The minimum atomic E-state index is -0.291. The normalized spacial score (nSPS) is 11.0. The average Bonchev–Trinajstić information content (AvgIpc) is 2.73. The summed E-state index contributed by atoms with van der Waals surface area (Å²) in [4.78, 5) is 11.8. The van der Waals surface area contributed by atoms with E-state index >= 15 is 0 Å². The van der Waals surface area contributed by atoms with Crippen LogP contribution in [-0.4, -0.2) is 22.8 Å². The quantitative estimate of drug-likeness (QED) is 0.139. The van der Waals surface area contributed by atoms with Gasteiger partial charge in [-0.25, -0.2) is 0 Å². The van der Waals surface area contributed by atoms with Crippen LogP contribution in [0.2, 0.25) is 0 Å². The molecule has 0 aromatic heterocycles. The van der Waals surface area contributed by atoms with Gasteiger partial charge in [-0.1, -0.05) is 109 Å². The van der Waals surface area contributed by atoms with Crippen LogP contribution in [0.15, 0.2) is 18.2 Å². The first-order chi connectivity index (χ1) is 14.6. The van der Waals surface area contributed by atoms with Gasteiger partial charge >= 0.3 is 5.97 Å². The van der Waals surface area contributed by atoms with Crippen LogP contribution >= 0.6 is 0 Å². The van der Waals surface area contributed by atoms with Crippen LogP contribution in [0.5, 0.6) is 11.5 Å². The number of hydrogen-bond acceptors (Lipinski definition) is 4. The summed E-state index contributed by atoms with van der Waals surface area (Å²) in [7, 11) is 0. The zero-order valence-corrected chi connectivity index (χ0v) is 19.2. The molecule has 172 valence electrons. The van der Waals surface area contributed by atoms with Crippen molar-refractivity contribution in [1.82, 2.24) is 0 Å². The number of esters is 1. The lowest BCUT2D eigenvalue weighted by atomic mass is 10.0. The Morgan fingerprint density at radius 2 is 1.17 bits per heavy atom. The maximum absolute atomic E-state index is 11.8. The number of hydrogen-bond donors (Lipinski definition) is 2. The minimum absolute atomic E-state index is 0.118. The largest absolute Gasteiger partial charge is 0.504 e. The Morgan fingerprint density at radius 3 is 1.63 bits per heavy atom. The first kappa shape index (κ1) is 26.3. The lowest BCUT2D eigenvalue weighted by Crippen LogP contribution is -2.09. The highest BCUT2D eigenvalue weighted by Crippen LogP contribution is 2.25. The van der Waals surface area contributed by atoms with E-state index in [1.54, 1.807) is 6.07 Å². The average molecular weight is 421 g/mol. The fraction of sp³-hybridized carbons (Fsp3) is 0.731. The van der Waals surface area contributed by atoms with Crippen molar-refractivity contribution in [2.24, 2.45) is 0 Å². The zero-order chi connectivity index (χ0) is 21.9. The summed E-state index contributed by atoms with van der Waals surface area (Å²) in [6.07, 6.45) is 21.3. The minimum Gasteiger partial charge on any atom is -0.504 e. The first-order valence-corrected chi connectivity index (χ1v) is 12.3. The van der Waals surface area contributed by atoms with Crippen molar-refractivity contribution >= 4 is 5.97 Å². The van der Waals surface area contributed by atoms with Crippen molar-refractivity contribution in [3.63, 3.8) is 0 Å². The molecule has 4 heteroatoms. The molecule has 0 amide bonds. The van der Waals surface area contributed by atoms with Crippen LogP contribution in [0.1, 0.15) is 115 Å². The molecule has 30 heavy (non-hydrogen) atoms. The number of phenolic OH excluding ortho intramolecular Hbond substituents is 2. The van der Waals surface area contributed by atoms with E-state index in [2.05, 4.69) is 6.92 Å². The number of benzene rings is 1. The Bertz CT molecular complexity index is 556. The van der Waals surface area contributed by atoms with Gasteiger partial charge in [0.25, 0.3) is 0 Å². The van der Waals surface area contributed by atoms with Gasteiger partial charge in [0, 0.05) is 0 Å². The zero-order valence-electron chi connectivity index (χ0n) is 19.2. The van der Waals surface area contributed by atoms with Crippen molar-refractivity contribution < 1.29 is 19.7 Å². The number of rotatable bonds is 19. The van der Waals surface area contributed by atoms with Gasteiger partial charge in [0.15, 0.2) is 11.5 Å².